The van der Waals surface area contributed by atoms with Gasteiger partial charge in [-0.3, -0.25) is 0 Å². The van der Waals surface area contributed by atoms with E-state index in [1.807, 2.05) is 36.4 Å². The van der Waals surface area contributed by atoms with Crippen molar-refractivity contribution in [3.8, 4) is 17.1 Å². The summed E-state index contributed by atoms with van der Waals surface area (Å²) in [6.45, 7) is 8.45. The predicted octanol–water partition coefficient (Wildman–Crippen LogP) is 7.21. The standard InChI is InChI=1S/C33H38O8/c1-3-31(34)38-20-10-6-5-9-19-37-28-18-17-27-23-29(41-30(27)24-28)25-13-15-26(16-14-25)33(36)40-22-12-8-7-11-21-39-32(35)4-2/h3-4,13-18,23-24H,1-2,5-12,19-22H2. The van der Waals surface area contributed by atoms with E-state index in [0.717, 1.165) is 79.7 Å². The number of carbonyl (C=O) groups is 3. The van der Waals surface area contributed by atoms with Crippen molar-refractivity contribution in [2.45, 2.75) is 51.4 Å². The highest BCUT2D eigenvalue weighted by molar-refractivity contribution is 5.90. The van der Waals surface area contributed by atoms with Crippen LogP contribution in [0.15, 0.2) is 78.3 Å². The summed E-state index contributed by atoms with van der Waals surface area (Å²) in [5, 5.41) is 0.962. The molecule has 0 unspecified atom stereocenters. The number of hydrogen-bond donors (Lipinski definition) is 0. The fourth-order valence-corrected chi connectivity index (χ4v) is 4.03. The predicted molar refractivity (Wildman–Crippen MR) is 157 cm³/mol. The van der Waals surface area contributed by atoms with E-state index in [4.69, 9.17) is 23.4 Å². The van der Waals surface area contributed by atoms with Gasteiger partial charge in [0.2, 0.25) is 0 Å². The maximum absolute atomic E-state index is 12.4. The zero-order chi connectivity index (χ0) is 29.3. The van der Waals surface area contributed by atoms with Crippen LogP contribution in [0.25, 0.3) is 22.3 Å². The molecule has 8 nitrogen and oxygen atoms in total. The second-order valence-electron chi connectivity index (χ2n) is 9.44. The Kier molecular flexibility index (Phi) is 13.2. The minimum Gasteiger partial charge on any atom is -0.493 e. The number of benzene rings is 2. The van der Waals surface area contributed by atoms with Crippen molar-refractivity contribution in [2.24, 2.45) is 0 Å². The van der Waals surface area contributed by atoms with E-state index < -0.39 is 5.97 Å². The Balaban J connectivity index is 1.37. The van der Waals surface area contributed by atoms with Crippen molar-refractivity contribution in [3.63, 3.8) is 0 Å². The van der Waals surface area contributed by atoms with Gasteiger partial charge < -0.3 is 23.4 Å². The minimum absolute atomic E-state index is 0.342. The Bertz CT molecular complexity index is 1290. The molecule has 0 bridgehead atoms. The molecule has 3 rings (SSSR count). The molecule has 0 fully saturated rings. The van der Waals surface area contributed by atoms with Gasteiger partial charge in [0.1, 0.15) is 17.1 Å². The van der Waals surface area contributed by atoms with Crippen LogP contribution in [-0.2, 0) is 23.8 Å². The molecule has 0 aliphatic heterocycles. The summed E-state index contributed by atoms with van der Waals surface area (Å²) in [5.74, 6) is 0.287. The van der Waals surface area contributed by atoms with Crippen LogP contribution in [0, 0.1) is 0 Å². The van der Waals surface area contributed by atoms with Gasteiger partial charge in [-0.15, -0.1) is 0 Å². The van der Waals surface area contributed by atoms with E-state index in [0.29, 0.717) is 37.8 Å². The summed E-state index contributed by atoms with van der Waals surface area (Å²) >= 11 is 0. The molecule has 0 amide bonds. The third kappa shape index (κ3) is 11.0. The molecule has 1 heterocycles. The zero-order valence-electron chi connectivity index (χ0n) is 23.4. The Morgan fingerprint density at radius 3 is 1.80 bits per heavy atom. The van der Waals surface area contributed by atoms with Crippen LogP contribution in [0.2, 0.25) is 0 Å². The first-order valence-electron chi connectivity index (χ1n) is 14.0. The second-order valence-corrected chi connectivity index (χ2v) is 9.44. The van der Waals surface area contributed by atoms with Crippen molar-refractivity contribution in [1.29, 1.82) is 0 Å². The lowest BCUT2D eigenvalue weighted by Gasteiger charge is -2.06. The average molecular weight is 563 g/mol. The molecule has 41 heavy (non-hydrogen) atoms. The van der Waals surface area contributed by atoms with Crippen molar-refractivity contribution in [1.82, 2.24) is 0 Å². The SMILES string of the molecule is C=CC(=O)OCCCCCCOC(=O)c1ccc(-c2cc3ccc(OCCCCCCOC(=O)C=C)cc3o2)cc1. The summed E-state index contributed by atoms with van der Waals surface area (Å²) in [6, 6.07) is 14.9. The van der Waals surface area contributed by atoms with Crippen molar-refractivity contribution >= 4 is 28.9 Å². The summed E-state index contributed by atoms with van der Waals surface area (Å²) in [5.41, 5.74) is 2.06. The summed E-state index contributed by atoms with van der Waals surface area (Å²) in [4.78, 5) is 34.4. The first-order chi connectivity index (χ1) is 20.0. The normalized spacial score (nSPS) is 10.6. The van der Waals surface area contributed by atoms with Gasteiger partial charge >= 0.3 is 17.9 Å². The van der Waals surface area contributed by atoms with Gasteiger partial charge in [0.05, 0.1) is 32.0 Å². The largest absolute Gasteiger partial charge is 0.493 e. The van der Waals surface area contributed by atoms with Gasteiger partial charge in [-0.2, -0.15) is 0 Å². The summed E-state index contributed by atoms with van der Waals surface area (Å²) < 4.78 is 27.2. The smallest absolute Gasteiger partial charge is 0.338 e. The van der Waals surface area contributed by atoms with E-state index in [1.165, 1.54) is 6.08 Å². The molecule has 8 heteroatoms. The highest BCUT2D eigenvalue weighted by Crippen LogP contribution is 2.30. The van der Waals surface area contributed by atoms with Crippen molar-refractivity contribution in [3.05, 3.63) is 79.4 Å². The molecule has 0 N–H and O–H groups in total. The van der Waals surface area contributed by atoms with Gasteiger partial charge in [0.25, 0.3) is 0 Å². The zero-order valence-corrected chi connectivity index (χ0v) is 23.4. The molecule has 0 aliphatic rings. The highest BCUT2D eigenvalue weighted by Gasteiger charge is 2.11. The molecule has 0 saturated carbocycles. The lowest BCUT2D eigenvalue weighted by molar-refractivity contribution is -0.138. The van der Waals surface area contributed by atoms with E-state index >= 15 is 0 Å². The molecule has 0 aliphatic carbocycles. The topological polar surface area (TPSA) is 101 Å². The average Bonchev–Trinajstić information content (AvgIpc) is 3.43. The summed E-state index contributed by atoms with van der Waals surface area (Å²) in [7, 11) is 0. The number of esters is 3. The molecule has 3 aromatic rings. The van der Waals surface area contributed by atoms with Crippen LogP contribution in [-0.4, -0.2) is 44.3 Å². The Hall–Kier alpha value is -4.33. The van der Waals surface area contributed by atoms with E-state index in [9.17, 15) is 14.4 Å². The molecule has 0 radical (unpaired) electrons. The quantitative estimate of drug-likeness (QED) is 0.0653. The highest BCUT2D eigenvalue weighted by atomic mass is 16.5. The van der Waals surface area contributed by atoms with Crippen LogP contribution in [0.5, 0.6) is 5.75 Å². The summed E-state index contributed by atoms with van der Waals surface area (Å²) in [6.07, 6.45) is 9.28. The molecule has 0 atom stereocenters. The Labute approximate surface area is 240 Å². The lowest BCUT2D eigenvalue weighted by Crippen LogP contribution is -2.06. The van der Waals surface area contributed by atoms with Crippen LogP contribution in [0.3, 0.4) is 0 Å². The first-order valence-corrected chi connectivity index (χ1v) is 14.0. The van der Waals surface area contributed by atoms with Gasteiger partial charge in [-0.05, 0) is 81.7 Å². The third-order valence-electron chi connectivity index (χ3n) is 6.30. The first kappa shape index (κ1) is 31.2. The molecule has 0 spiro atoms. The van der Waals surface area contributed by atoms with E-state index in [-0.39, 0.29) is 11.9 Å². The van der Waals surface area contributed by atoms with Crippen molar-refractivity contribution < 1.29 is 37.7 Å². The number of unbranched alkanes of at least 4 members (excludes halogenated alkanes) is 6. The number of furan rings is 1. The Morgan fingerprint density at radius 2 is 1.22 bits per heavy atom. The van der Waals surface area contributed by atoms with Gasteiger partial charge in [-0.25, -0.2) is 14.4 Å². The monoisotopic (exact) mass is 562 g/mol. The number of carbonyl (C=O) groups excluding carboxylic acids is 3. The maximum atomic E-state index is 12.4. The molecule has 0 saturated heterocycles. The second kappa shape index (κ2) is 17.4. The van der Waals surface area contributed by atoms with E-state index in [1.54, 1.807) is 12.1 Å². The van der Waals surface area contributed by atoms with Crippen LogP contribution in [0.1, 0.15) is 61.7 Å². The molecule has 218 valence electrons. The van der Waals surface area contributed by atoms with Gasteiger partial charge in [-0.1, -0.05) is 25.3 Å². The van der Waals surface area contributed by atoms with Crippen molar-refractivity contribution in [2.75, 3.05) is 26.4 Å². The number of rotatable bonds is 19. The fraction of sp³-hybridized carbons (Fsp3) is 0.364. The maximum Gasteiger partial charge on any atom is 0.338 e. The third-order valence-corrected chi connectivity index (χ3v) is 6.30. The molecular formula is C33H38O8. The molecule has 1 aromatic heterocycles. The number of fused-ring (bicyclic) bond motifs is 1. The van der Waals surface area contributed by atoms with Crippen LogP contribution in [0.4, 0.5) is 0 Å². The molecular weight excluding hydrogens is 524 g/mol. The van der Waals surface area contributed by atoms with Gasteiger partial charge in [0.15, 0.2) is 0 Å². The number of hydrogen-bond acceptors (Lipinski definition) is 8. The van der Waals surface area contributed by atoms with Crippen LogP contribution < -0.4 is 4.74 Å². The van der Waals surface area contributed by atoms with Gasteiger partial charge in [0, 0.05) is 29.2 Å². The minimum atomic E-state index is -0.410. The number of ether oxygens (including phenoxy) is 4. The Morgan fingerprint density at radius 1 is 0.659 bits per heavy atom. The molecule has 2 aromatic carbocycles. The lowest BCUT2D eigenvalue weighted by atomic mass is 10.1. The van der Waals surface area contributed by atoms with E-state index in [2.05, 4.69) is 13.2 Å². The fourth-order valence-electron chi connectivity index (χ4n) is 4.03. The van der Waals surface area contributed by atoms with Crippen LogP contribution >= 0.6 is 0 Å².